The molecule has 0 aromatic heterocycles. The molecule has 40 heavy (non-hydrogen) atoms. The summed E-state index contributed by atoms with van der Waals surface area (Å²) in [6.07, 6.45) is 4.10. The molecule has 0 bridgehead atoms. The van der Waals surface area contributed by atoms with E-state index in [2.05, 4.69) is 24.3 Å². The smallest absolute Gasteiger partial charge is 0.162 e. The van der Waals surface area contributed by atoms with Crippen molar-refractivity contribution < 1.29 is 18.9 Å². The van der Waals surface area contributed by atoms with Crippen LogP contribution in [-0.4, -0.2) is 7.11 Å². The Kier molecular flexibility index (Phi) is 9.14. The van der Waals surface area contributed by atoms with Crippen LogP contribution in [0.5, 0.6) is 23.0 Å². The van der Waals surface area contributed by atoms with Crippen molar-refractivity contribution in [2.24, 2.45) is 0 Å². The summed E-state index contributed by atoms with van der Waals surface area (Å²) in [5.41, 5.74) is 5.27. The van der Waals surface area contributed by atoms with Gasteiger partial charge in [-0.3, -0.25) is 0 Å². The van der Waals surface area contributed by atoms with Gasteiger partial charge in [-0.2, -0.15) is 0 Å². The molecule has 5 aromatic rings. The van der Waals surface area contributed by atoms with E-state index in [4.69, 9.17) is 18.9 Å². The third-order valence-corrected chi connectivity index (χ3v) is 6.29. The first kappa shape index (κ1) is 26.6. The summed E-state index contributed by atoms with van der Waals surface area (Å²) >= 11 is 0. The molecule has 0 unspecified atom stereocenters. The highest BCUT2D eigenvalue weighted by Gasteiger charge is 2.07. The Morgan fingerprint density at radius 1 is 0.450 bits per heavy atom. The van der Waals surface area contributed by atoms with Crippen LogP contribution >= 0.6 is 0 Å². The van der Waals surface area contributed by atoms with E-state index in [1.54, 1.807) is 7.11 Å². The van der Waals surface area contributed by atoms with Gasteiger partial charge in [0.1, 0.15) is 31.3 Å². The van der Waals surface area contributed by atoms with Crippen LogP contribution in [0, 0.1) is 0 Å². The van der Waals surface area contributed by atoms with Crippen LogP contribution in [0.3, 0.4) is 0 Å². The lowest BCUT2D eigenvalue weighted by Gasteiger charge is -2.12. The van der Waals surface area contributed by atoms with E-state index in [9.17, 15) is 0 Å². The molecule has 5 rings (SSSR count). The van der Waals surface area contributed by atoms with Gasteiger partial charge in [0.05, 0.1) is 7.11 Å². The summed E-state index contributed by atoms with van der Waals surface area (Å²) in [6, 6.07) is 42.2. The maximum Gasteiger partial charge on any atom is 0.162 e. The molecule has 0 atom stereocenters. The zero-order chi connectivity index (χ0) is 27.4. The number of hydrogen-bond donors (Lipinski definition) is 0. The average Bonchev–Trinajstić information content (AvgIpc) is 3.02. The number of benzene rings is 5. The van der Waals surface area contributed by atoms with Gasteiger partial charge < -0.3 is 18.9 Å². The average molecular weight is 529 g/mol. The van der Waals surface area contributed by atoms with Gasteiger partial charge in [0.2, 0.25) is 0 Å². The second-order valence-electron chi connectivity index (χ2n) is 9.30. The third kappa shape index (κ3) is 7.78. The summed E-state index contributed by atoms with van der Waals surface area (Å²) in [7, 11) is 1.65. The van der Waals surface area contributed by atoms with Crippen molar-refractivity contribution in [3.63, 3.8) is 0 Å². The first-order valence-electron chi connectivity index (χ1n) is 13.3. The summed E-state index contributed by atoms with van der Waals surface area (Å²) in [6.45, 7) is 1.42. The zero-order valence-electron chi connectivity index (χ0n) is 22.5. The molecule has 0 fully saturated rings. The monoisotopic (exact) mass is 528 g/mol. The molecule has 4 heteroatoms. The molecule has 0 amide bonds. The molecule has 0 N–H and O–H groups in total. The lowest BCUT2D eigenvalue weighted by atomic mass is 10.1. The largest absolute Gasteiger partial charge is 0.493 e. The first-order chi connectivity index (χ1) is 19.7. The van der Waals surface area contributed by atoms with Crippen molar-refractivity contribution in [3.8, 4) is 23.0 Å². The Morgan fingerprint density at radius 3 is 1.43 bits per heavy atom. The van der Waals surface area contributed by atoms with Crippen molar-refractivity contribution in [1.82, 2.24) is 0 Å². The summed E-state index contributed by atoms with van der Waals surface area (Å²) < 4.78 is 23.9. The number of rotatable bonds is 12. The van der Waals surface area contributed by atoms with Gasteiger partial charge >= 0.3 is 0 Å². The fraction of sp³-hybridized carbons (Fsp3) is 0.111. The molecule has 5 aromatic carbocycles. The molecule has 0 aliphatic rings. The van der Waals surface area contributed by atoms with Gasteiger partial charge in [-0.05, 0) is 52.1 Å². The van der Waals surface area contributed by atoms with Crippen molar-refractivity contribution >= 4 is 12.2 Å². The highest BCUT2D eigenvalue weighted by molar-refractivity contribution is 5.72. The Hall–Kier alpha value is -4.96. The minimum absolute atomic E-state index is 0.466. The molecular weight excluding hydrogens is 496 g/mol. The van der Waals surface area contributed by atoms with Crippen LogP contribution in [-0.2, 0) is 19.8 Å². The lowest BCUT2D eigenvalue weighted by molar-refractivity contribution is 0.284. The van der Waals surface area contributed by atoms with E-state index >= 15 is 0 Å². The molecular formula is C36H32O4. The third-order valence-electron chi connectivity index (χ3n) is 6.29. The Labute approximate surface area is 236 Å². The first-order valence-corrected chi connectivity index (χ1v) is 13.3. The fourth-order valence-corrected chi connectivity index (χ4v) is 4.18. The zero-order valence-corrected chi connectivity index (χ0v) is 22.5. The summed E-state index contributed by atoms with van der Waals surface area (Å²) in [4.78, 5) is 0. The molecule has 4 nitrogen and oxygen atoms in total. The van der Waals surface area contributed by atoms with Crippen molar-refractivity contribution in [2.45, 2.75) is 19.8 Å². The van der Waals surface area contributed by atoms with Crippen molar-refractivity contribution in [3.05, 3.63) is 155 Å². The second-order valence-corrected chi connectivity index (χ2v) is 9.30. The Morgan fingerprint density at radius 2 is 0.925 bits per heavy atom. The fourth-order valence-electron chi connectivity index (χ4n) is 4.18. The minimum Gasteiger partial charge on any atom is -0.493 e. The molecule has 0 saturated heterocycles. The van der Waals surface area contributed by atoms with Crippen LogP contribution in [0.25, 0.3) is 12.2 Å². The molecule has 0 radical (unpaired) electrons. The van der Waals surface area contributed by atoms with E-state index < -0.39 is 0 Å². The van der Waals surface area contributed by atoms with E-state index in [0.29, 0.717) is 31.3 Å². The summed E-state index contributed by atoms with van der Waals surface area (Å²) in [5, 5.41) is 0. The highest BCUT2D eigenvalue weighted by atomic mass is 16.5. The number of methoxy groups -OCH3 is 1. The van der Waals surface area contributed by atoms with Gasteiger partial charge in [-0.1, -0.05) is 109 Å². The molecule has 0 heterocycles. The van der Waals surface area contributed by atoms with E-state index in [1.165, 1.54) is 0 Å². The van der Waals surface area contributed by atoms with Gasteiger partial charge in [-0.15, -0.1) is 0 Å². The van der Waals surface area contributed by atoms with Crippen molar-refractivity contribution in [2.75, 3.05) is 7.11 Å². The standard InChI is InChI=1S/C36H32O4/c1-37-35-20-19-28(23-36(35)40-27-31-15-9-4-10-16-31)17-18-32-21-33(38-25-29-11-5-2-6-12-29)24-34(22-32)39-26-30-13-7-3-8-14-30/h2-24H,25-27H2,1H3. The predicted octanol–water partition coefficient (Wildman–Crippen LogP) is 8.60. The van der Waals surface area contributed by atoms with Crippen LogP contribution in [0.15, 0.2) is 127 Å². The van der Waals surface area contributed by atoms with E-state index in [0.717, 1.165) is 39.3 Å². The topological polar surface area (TPSA) is 36.9 Å². The van der Waals surface area contributed by atoms with Gasteiger partial charge in [-0.25, -0.2) is 0 Å². The van der Waals surface area contributed by atoms with Crippen LogP contribution in [0.2, 0.25) is 0 Å². The SMILES string of the molecule is COc1ccc(C=Cc2cc(OCc3ccccc3)cc(OCc3ccccc3)c2)cc1OCc1ccccc1. The van der Waals surface area contributed by atoms with Crippen LogP contribution in [0.1, 0.15) is 27.8 Å². The van der Waals surface area contributed by atoms with Gasteiger partial charge in [0, 0.05) is 6.07 Å². The Balaban J connectivity index is 1.34. The Bertz CT molecular complexity index is 1450. The summed E-state index contributed by atoms with van der Waals surface area (Å²) in [5.74, 6) is 2.88. The van der Waals surface area contributed by atoms with Crippen LogP contribution in [0.4, 0.5) is 0 Å². The van der Waals surface area contributed by atoms with Crippen LogP contribution < -0.4 is 18.9 Å². The highest BCUT2D eigenvalue weighted by Crippen LogP contribution is 2.31. The molecule has 0 spiro atoms. The number of hydrogen-bond acceptors (Lipinski definition) is 4. The quantitative estimate of drug-likeness (QED) is 0.152. The molecule has 0 aliphatic heterocycles. The van der Waals surface area contributed by atoms with Gasteiger partial charge in [0.25, 0.3) is 0 Å². The second kappa shape index (κ2) is 13.7. The maximum absolute atomic E-state index is 6.15. The van der Waals surface area contributed by atoms with E-state index in [-0.39, 0.29) is 0 Å². The normalized spacial score (nSPS) is 10.8. The number of ether oxygens (including phenoxy) is 4. The minimum atomic E-state index is 0.466. The maximum atomic E-state index is 6.15. The molecule has 200 valence electrons. The van der Waals surface area contributed by atoms with Gasteiger partial charge in [0.15, 0.2) is 11.5 Å². The molecule has 0 saturated carbocycles. The lowest BCUT2D eigenvalue weighted by Crippen LogP contribution is -1.98. The predicted molar refractivity (Wildman–Crippen MR) is 161 cm³/mol. The van der Waals surface area contributed by atoms with E-state index in [1.807, 2.05) is 115 Å². The molecule has 0 aliphatic carbocycles. The van der Waals surface area contributed by atoms with Crippen molar-refractivity contribution in [1.29, 1.82) is 0 Å².